The Morgan fingerprint density at radius 1 is 1.82 bits per heavy atom. The van der Waals surface area contributed by atoms with Crippen molar-refractivity contribution in [2.45, 2.75) is 5.88 Å². The van der Waals surface area contributed by atoms with Gasteiger partial charge in [0.15, 0.2) is 5.13 Å². The maximum Gasteiger partial charge on any atom is 0.273 e. The van der Waals surface area contributed by atoms with Gasteiger partial charge in [-0.1, -0.05) is 0 Å². The fraction of sp³-hybridized carbons (Fsp3) is 0.333. The van der Waals surface area contributed by atoms with Crippen LogP contribution < -0.4 is 10.9 Å². The number of hydrogen-bond acceptors (Lipinski definition) is 4. The van der Waals surface area contributed by atoms with Crippen molar-refractivity contribution >= 4 is 28.1 Å². The first-order valence-corrected chi connectivity index (χ1v) is 4.36. The molecule has 0 aliphatic rings. The SMILES string of the molecule is CNc1nc(=O)cc(CCl)s1. The molecule has 0 aromatic carbocycles. The largest absolute Gasteiger partial charge is 0.364 e. The Hall–Kier alpha value is -0.610. The van der Waals surface area contributed by atoms with Crippen molar-refractivity contribution < 1.29 is 0 Å². The molecule has 0 fully saturated rings. The highest BCUT2D eigenvalue weighted by molar-refractivity contribution is 7.15. The van der Waals surface area contributed by atoms with Crippen molar-refractivity contribution in [2.75, 3.05) is 12.4 Å². The number of rotatable bonds is 2. The Balaban J connectivity index is 3.12. The van der Waals surface area contributed by atoms with Gasteiger partial charge in [-0.25, -0.2) is 0 Å². The van der Waals surface area contributed by atoms with Crippen molar-refractivity contribution in [3.8, 4) is 0 Å². The predicted octanol–water partition coefficient (Wildman–Crippen LogP) is 1.28. The van der Waals surface area contributed by atoms with Crippen molar-refractivity contribution in [3.63, 3.8) is 0 Å². The van der Waals surface area contributed by atoms with E-state index >= 15 is 0 Å². The van der Waals surface area contributed by atoms with Gasteiger partial charge in [-0.05, 0) is 0 Å². The van der Waals surface area contributed by atoms with E-state index in [0.29, 0.717) is 11.0 Å². The molecule has 0 radical (unpaired) electrons. The number of aromatic nitrogens is 1. The van der Waals surface area contributed by atoms with E-state index in [1.165, 1.54) is 17.4 Å². The highest BCUT2D eigenvalue weighted by Gasteiger charge is 1.97. The quantitative estimate of drug-likeness (QED) is 0.715. The molecular formula is C6H7ClN2OS. The van der Waals surface area contributed by atoms with Crippen molar-refractivity contribution in [1.82, 2.24) is 4.98 Å². The van der Waals surface area contributed by atoms with Crippen LogP contribution in [0.5, 0.6) is 0 Å². The molecule has 11 heavy (non-hydrogen) atoms. The minimum atomic E-state index is -0.247. The Kier molecular flexibility index (Phi) is 2.84. The van der Waals surface area contributed by atoms with Gasteiger partial charge in [0.1, 0.15) is 0 Å². The molecule has 1 N–H and O–H groups in total. The van der Waals surface area contributed by atoms with Crippen LogP contribution in [0.2, 0.25) is 0 Å². The minimum absolute atomic E-state index is 0.247. The Morgan fingerprint density at radius 3 is 3.09 bits per heavy atom. The lowest BCUT2D eigenvalue weighted by Gasteiger charge is -1.96. The zero-order valence-electron chi connectivity index (χ0n) is 5.93. The maximum absolute atomic E-state index is 10.8. The lowest BCUT2D eigenvalue weighted by molar-refractivity contribution is 1.24. The van der Waals surface area contributed by atoms with E-state index in [2.05, 4.69) is 10.3 Å². The second-order valence-corrected chi connectivity index (χ2v) is 3.23. The zero-order valence-corrected chi connectivity index (χ0v) is 7.50. The molecule has 0 aliphatic heterocycles. The van der Waals surface area contributed by atoms with Crippen molar-refractivity contribution in [1.29, 1.82) is 0 Å². The molecular weight excluding hydrogens is 184 g/mol. The van der Waals surface area contributed by atoms with Gasteiger partial charge in [0.25, 0.3) is 5.56 Å². The zero-order chi connectivity index (χ0) is 8.27. The highest BCUT2D eigenvalue weighted by Crippen LogP contribution is 2.14. The standard InChI is InChI=1S/C6H7ClN2OS/c1-8-6-9-5(10)2-4(3-7)11-6/h2H,3H2,1H3,(H,8,9,10). The molecule has 0 saturated heterocycles. The fourth-order valence-corrected chi connectivity index (χ4v) is 1.56. The maximum atomic E-state index is 10.8. The van der Waals surface area contributed by atoms with Gasteiger partial charge in [-0.2, -0.15) is 4.98 Å². The summed E-state index contributed by atoms with van der Waals surface area (Å²) in [6, 6.07) is 1.44. The summed E-state index contributed by atoms with van der Waals surface area (Å²) >= 11 is 6.93. The predicted molar refractivity (Wildman–Crippen MR) is 47.5 cm³/mol. The first kappa shape index (κ1) is 8.49. The van der Waals surface area contributed by atoms with Crippen molar-refractivity contribution in [2.24, 2.45) is 0 Å². The Morgan fingerprint density at radius 2 is 2.55 bits per heavy atom. The van der Waals surface area contributed by atoms with Gasteiger partial charge in [0, 0.05) is 18.0 Å². The van der Waals surface area contributed by atoms with E-state index in [9.17, 15) is 4.79 Å². The number of alkyl halides is 1. The Bertz CT molecular complexity index is 274. The Labute approximate surface area is 73.0 Å². The van der Waals surface area contributed by atoms with Crippen LogP contribution in [0.1, 0.15) is 4.88 Å². The number of anilines is 1. The molecule has 1 heterocycles. The van der Waals surface area contributed by atoms with E-state index in [1.807, 2.05) is 0 Å². The van der Waals surface area contributed by atoms with E-state index in [-0.39, 0.29) is 5.56 Å². The molecule has 3 nitrogen and oxygen atoms in total. The number of nitrogens with zero attached hydrogens (tertiary/aromatic N) is 1. The summed E-state index contributed by atoms with van der Waals surface area (Å²) in [7, 11) is 1.72. The lowest BCUT2D eigenvalue weighted by Crippen LogP contribution is -2.06. The van der Waals surface area contributed by atoms with Crippen LogP contribution in [-0.2, 0) is 5.88 Å². The number of halogens is 1. The van der Waals surface area contributed by atoms with Crippen LogP contribution in [0.25, 0.3) is 0 Å². The van der Waals surface area contributed by atoms with Crippen LogP contribution in [0, 0.1) is 0 Å². The van der Waals surface area contributed by atoms with Crippen LogP contribution in [0.4, 0.5) is 5.13 Å². The molecule has 1 aromatic heterocycles. The fourth-order valence-electron chi connectivity index (χ4n) is 0.619. The average molecular weight is 191 g/mol. The summed E-state index contributed by atoms with van der Waals surface area (Å²) in [5, 5.41) is 3.40. The minimum Gasteiger partial charge on any atom is -0.364 e. The molecule has 0 atom stereocenters. The number of nitrogens with one attached hydrogen (secondary N) is 1. The van der Waals surface area contributed by atoms with Crippen molar-refractivity contribution in [3.05, 3.63) is 21.3 Å². The second kappa shape index (κ2) is 3.69. The van der Waals surface area contributed by atoms with Gasteiger partial charge in [-0.3, -0.25) is 4.79 Å². The van der Waals surface area contributed by atoms with Crippen LogP contribution in [0.3, 0.4) is 0 Å². The molecule has 60 valence electrons. The molecule has 1 aromatic rings. The van der Waals surface area contributed by atoms with Gasteiger partial charge >= 0.3 is 0 Å². The summed E-state index contributed by atoms with van der Waals surface area (Å²) in [6.45, 7) is 0. The van der Waals surface area contributed by atoms with Crippen LogP contribution in [0.15, 0.2) is 10.9 Å². The van der Waals surface area contributed by atoms with Gasteiger partial charge in [-0.15, -0.1) is 22.9 Å². The van der Waals surface area contributed by atoms with E-state index in [0.717, 1.165) is 4.88 Å². The summed E-state index contributed by atoms with van der Waals surface area (Å²) < 4.78 is 0. The topological polar surface area (TPSA) is 42.0 Å². The normalized spacial score (nSPS) is 9.64. The molecule has 5 heteroatoms. The van der Waals surface area contributed by atoms with E-state index in [1.54, 1.807) is 7.05 Å². The number of hydrogen-bond donors (Lipinski definition) is 1. The molecule has 0 unspecified atom stereocenters. The summed E-state index contributed by atoms with van der Waals surface area (Å²) in [5.41, 5.74) is -0.247. The molecule has 1 rings (SSSR count). The summed E-state index contributed by atoms with van der Waals surface area (Å²) in [6.07, 6.45) is 0. The summed E-state index contributed by atoms with van der Waals surface area (Å²) in [4.78, 5) is 15.3. The average Bonchev–Trinajstić information content (AvgIpc) is 2.03. The highest BCUT2D eigenvalue weighted by atomic mass is 35.5. The first-order chi connectivity index (χ1) is 5.26. The third-order valence-electron chi connectivity index (χ3n) is 1.07. The first-order valence-electron chi connectivity index (χ1n) is 3.01. The molecule has 0 saturated carbocycles. The van der Waals surface area contributed by atoms with E-state index < -0.39 is 0 Å². The third kappa shape index (κ3) is 2.17. The van der Waals surface area contributed by atoms with Gasteiger partial charge in [0.05, 0.1) is 5.88 Å². The van der Waals surface area contributed by atoms with Gasteiger partial charge in [0.2, 0.25) is 0 Å². The molecule has 0 aliphatic carbocycles. The molecule has 0 amide bonds. The summed E-state index contributed by atoms with van der Waals surface area (Å²) in [5.74, 6) is 0.358. The molecule has 0 spiro atoms. The van der Waals surface area contributed by atoms with Gasteiger partial charge < -0.3 is 5.32 Å². The van der Waals surface area contributed by atoms with Crippen LogP contribution in [-0.4, -0.2) is 12.0 Å². The second-order valence-electron chi connectivity index (χ2n) is 1.85. The monoisotopic (exact) mass is 190 g/mol. The molecule has 0 bridgehead atoms. The smallest absolute Gasteiger partial charge is 0.273 e. The van der Waals surface area contributed by atoms with E-state index in [4.69, 9.17) is 11.6 Å². The lowest BCUT2D eigenvalue weighted by atomic mass is 10.5. The van der Waals surface area contributed by atoms with Crippen LogP contribution >= 0.6 is 22.9 Å². The third-order valence-corrected chi connectivity index (χ3v) is 2.53.